The molecule has 1 aliphatic carbocycles. The van der Waals surface area contributed by atoms with Crippen molar-refractivity contribution in [2.45, 2.75) is 38.2 Å². The van der Waals surface area contributed by atoms with E-state index in [-0.39, 0.29) is 0 Å². The summed E-state index contributed by atoms with van der Waals surface area (Å²) >= 11 is 1.39. The van der Waals surface area contributed by atoms with Gasteiger partial charge in [-0.3, -0.25) is 9.48 Å². The minimum Gasteiger partial charge on any atom is -0.481 e. The molecule has 0 aromatic carbocycles. The predicted molar refractivity (Wildman–Crippen MR) is 131 cm³/mol. The van der Waals surface area contributed by atoms with E-state index in [1.165, 1.54) is 11.3 Å². The molecular weight excluding hydrogens is 466 g/mol. The summed E-state index contributed by atoms with van der Waals surface area (Å²) in [5.41, 5.74) is 2.30. The van der Waals surface area contributed by atoms with Crippen LogP contribution in [0, 0.1) is 12.8 Å². The van der Waals surface area contributed by atoms with E-state index in [0.29, 0.717) is 42.3 Å². The lowest BCUT2D eigenvalue weighted by molar-refractivity contribution is -0.145. The van der Waals surface area contributed by atoms with Crippen LogP contribution in [-0.4, -0.2) is 46.1 Å². The number of thiazole rings is 1. The normalized spacial score (nSPS) is 20.0. The number of carboxylic acids is 1. The molecule has 0 bridgehead atoms. The zero-order chi connectivity index (χ0) is 24.6. The van der Waals surface area contributed by atoms with Gasteiger partial charge in [-0.05, 0) is 62.4 Å². The maximum atomic E-state index is 11.3. The molecule has 4 aromatic rings. The van der Waals surface area contributed by atoms with Gasteiger partial charge in [-0.2, -0.15) is 0 Å². The van der Waals surface area contributed by atoms with Crippen molar-refractivity contribution in [3.63, 3.8) is 0 Å². The van der Waals surface area contributed by atoms with Gasteiger partial charge in [0.15, 0.2) is 0 Å². The Hall–Kier alpha value is -3.70. The highest BCUT2D eigenvalue weighted by Crippen LogP contribution is 2.42. The van der Waals surface area contributed by atoms with Crippen molar-refractivity contribution < 1.29 is 15.0 Å². The molecule has 1 aliphatic rings. The number of pyridine rings is 2. The number of rotatable bonds is 6. The summed E-state index contributed by atoms with van der Waals surface area (Å²) in [6.45, 7) is 1.99. The van der Waals surface area contributed by atoms with Gasteiger partial charge in [0.05, 0.1) is 22.7 Å². The minimum absolute atomic E-state index is 0.388. The van der Waals surface area contributed by atoms with Crippen molar-refractivity contribution in [3.8, 4) is 21.8 Å². The van der Waals surface area contributed by atoms with Crippen LogP contribution in [0.2, 0.25) is 0 Å². The van der Waals surface area contributed by atoms with Crippen molar-refractivity contribution in [3.05, 3.63) is 53.4 Å². The number of anilines is 2. The molecular formula is C24H25N7O3S. The smallest absolute Gasteiger partial charge is 0.306 e. The Morgan fingerprint density at radius 1 is 1.17 bits per heavy atom. The molecule has 0 aliphatic heterocycles. The highest BCUT2D eigenvalue weighted by molar-refractivity contribution is 7.15. The molecule has 11 heteroatoms. The van der Waals surface area contributed by atoms with E-state index in [2.05, 4.69) is 25.6 Å². The lowest BCUT2D eigenvalue weighted by Crippen LogP contribution is -2.33. The van der Waals surface area contributed by atoms with E-state index in [1.807, 2.05) is 44.4 Å². The molecule has 3 N–H and O–H groups in total. The average Bonchev–Trinajstić information content (AvgIpc) is 3.49. The number of nitrogens with zero attached hydrogens (tertiary/aromatic N) is 6. The molecule has 0 saturated heterocycles. The number of aromatic nitrogens is 6. The van der Waals surface area contributed by atoms with Crippen molar-refractivity contribution in [2.24, 2.45) is 13.0 Å². The second-order valence-corrected chi connectivity index (χ2v) is 9.95. The van der Waals surface area contributed by atoms with Gasteiger partial charge in [-0.1, -0.05) is 5.21 Å². The predicted octanol–water partition coefficient (Wildman–Crippen LogP) is 3.91. The molecule has 1 fully saturated rings. The van der Waals surface area contributed by atoms with Crippen LogP contribution < -0.4 is 5.32 Å². The van der Waals surface area contributed by atoms with Crippen LogP contribution in [0.1, 0.15) is 36.3 Å². The van der Waals surface area contributed by atoms with Crippen molar-refractivity contribution in [1.82, 2.24) is 29.9 Å². The number of aryl methyl sites for hydroxylation is 2. The van der Waals surface area contributed by atoms with Crippen LogP contribution in [0.4, 0.5) is 11.6 Å². The number of hydrogen-bond acceptors (Lipinski definition) is 9. The van der Waals surface area contributed by atoms with Crippen LogP contribution in [0.5, 0.6) is 0 Å². The van der Waals surface area contributed by atoms with Crippen LogP contribution in [-0.2, 0) is 17.4 Å². The Balaban J connectivity index is 1.36. The Bertz CT molecular complexity index is 1370. The first-order valence-electron chi connectivity index (χ1n) is 11.3. The van der Waals surface area contributed by atoms with E-state index < -0.39 is 17.5 Å². The summed E-state index contributed by atoms with van der Waals surface area (Å²) in [5.74, 6) is 0.0709. The highest BCUT2D eigenvalue weighted by Gasteiger charge is 2.39. The van der Waals surface area contributed by atoms with Crippen LogP contribution in [0.15, 0.2) is 42.9 Å². The quantitative estimate of drug-likeness (QED) is 0.366. The van der Waals surface area contributed by atoms with Gasteiger partial charge >= 0.3 is 5.97 Å². The molecule has 0 amide bonds. The molecule has 0 spiro atoms. The van der Waals surface area contributed by atoms with Gasteiger partial charge in [-0.25, -0.2) is 15.0 Å². The lowest BCUT2D eigenvalue weighted by Gasteiger charge is -2.32. The van der Waals surface area contributed by atoms with Gasteiger partial charge in [0.25, 0.3) is 0 Å². The van der Waals surface area contributed by atoms with Gasteiger partial charge in [-0.15, -0.1) is 16.4 Å². The molecule has 10 nitrogen and oxygen atoms in total. The Labute approximate surface area is 205 Å². The second-order valence-electron chi connectivity index (χ2n) is 8.92. The molecule has 1 saturated carbocycles. The summed E-state index contributed by atoms with van der Waals surface area (Å²) < 4.78 is 1.65. The fourth-order valence-corrected chi connectivity index (χ4v) is 5.31. The molecule has 0 unspecified atom stereocenters. The SMILES string of the molecule is Cc1cc(Nc2cc(-c3cn(C)nn3)ccn2)nc(-c2cnc([C@]3(O)CC[C@H](C(=O)O)CC3)s2)c1. The van der Waals surface area contributed by atoms with Gasteiger partial charge in [0.2, 0.25) is 0 Å². The van der Waals surface area contributed by atoms with Crippen molar-refractivity contribution in [1.29, 1.82) is 0 Å². The Morgan fingerprint density at radius 3 is 2.69 bits per heavy atom. The fourth-order valence-electron chi connectivity index (χ4n) is 4.29. The maximum absolute atomic E-state index is 11.3. The van der Waals surface area contributed by atoms with Crippen molar-refractivity contribution in [2.75, 3.05) is 5.32 Å². The summed E-state index contributed by atoms with van der Waals surface area (Å²) in [4.78, 5) is 25.7. The third-order valence-electron chi connectivity index (χ3n) is 6.20. The van der Waals surface area contributed by atoms with E-state index in [1.54, 1.807) is 17.1 Å². The van der Waals surface area contributed by atoms with Crippen LogP contribution in [0.3, 0.4) is 0 Å². The highest BCUT2D eigenvalue weighted by atomic mass is 32.1. The topological polar surface area (TPSA) is 139 Å². The third-order valence-corrected chi connectivity index (χ3v) is 7.42. The summed E-state index contributed by atoms with van der Waals surface area (Å²) in [7, 11) is 1.82. The van der Waals surface area contributed by atoms with Crippen LogP contribution in [0.25, 0.3) is 21.8 Å². The van der Waals surface area contributed by atoms with E-state index >= 15 is 0 Å². The fraction of sp³-hybridized carbons (Fsp3) is 0.333. The molecule has 0 atom stereocenters. The molecule has 4 aromatic heterocycles. The summed E-state index contributed by atoms with van der Waals surface area (Å²) in [6.07, 6.45) is 6.93. The average molecular weight is 492 g/mol. The molecule has 4 heterocycles. The number of nitrogens with one attached hydrogen (secondary N) is 1. The van der Waals surface area contributed by atoms with E-state index in [4.69, 9.17) is 4.98 Å². The minimum atomic E-state index is -1.09. The monoisotopic (exact) mass is 491 g/mol. The van der Waals surface area contributed by atoms with Gasteiger partial charge < -0.3 is 15.5 Å². The lowest BCUT2D eigenvalue weighted by atomic mass is 9.79. The number of aliphatic hydroxyl groups is 1. The summed E-state index contributed by atoms with van der Waals surface area (Å²) in [6, 6.07) is 7.67. The first kappa shape index (κ1) is 23.1. The van der Waals surface area contributed by atoms with Crippen molar-refractivity contribution >= 4 is 28.9 Å². The summed E-state index contributed by atoms with van der Waals surface area (Å²) in [5, 5.41) is 32.4. The molecule has 180 valence electrons. The first-order valence-corrected chi connectivity index (χ1v) is 12.1. The largest absolute Gasteiger partial charge is 0.481 e. The van der Waals surface area contributed by atoms with Crippen LogP contribution >= 0.6 is 11.3 Å². The molecule has 5 rings (SSSR count). The van der Waals surface area contributed by atoms with E-state index in [9.17, 15) is 15.0 Å². The standard InChI is InChI=1S/C24H25N7O3S/c1-14-9-17(19-12-26-23(35-19)24(34)6-3-15(4-7-24)22(32)33)27-21(10-14)28-20-11-16(5-8-25-20)18-13-31(2)30-29-18/h5,8-13,15,34H,3-4,6-7H2,1-2H3,(H,32,33)(H,25,27,28)/t15-,24-. The van der Waals surface area contributed by atoms with Gasteiger partial charge in [0.1, 0.15) is 27.9 Å². The Morgan fingerprint density at radius 2 is 1.97 bits per heavy atom. The third kappa shape index (κ3) is 4.91. The first-order chi connectivity index (χ1) is 16.8. The van der Waals surface area contributed by atoms with E-state index in [0.717, 1.165) is 27.4 Å². The zero-order valence-corrected chi connectivity index (χ0v) is 20.2. The number of carbonyl (C=O) groups is 1. The van der Waals surface area contributed by atoms with Gasteiger partial charge in [0, 0.05) is 25.0 Å². The number of aliphatic carboxylic acids is 1. The second kappa shape index (κ2) is 9.16. The maximum Gasteiger partial charge on any atom is 0.306 e. The number of carboxylic acid groups (broad SMARTS) is 1. The Kier molecular flexibility index (Phi) is 6.03. The number of hydrogen-bond donors (Lipinski definition) is 3. The molecule has 35 heavy (non-hydrogen) atoms. The molecule has 0 radical (unpaired) electrons. The zero-order valence-electron chi connectivity index (χ0n) is 19.3.